The Morgan fingerprint density at radius 3 is 2.86 bits per heavy atom. The van der Waals surface area contributed by atoms with Gasteiger partial charge in [0.15, 0.2) is 5.96 Å². The number of guanidine groups is 1. The van der Waals surface area contributed by atoms with Gasteiger partial charge in [-0.3, -0.25) is 20.1 Å². The highest BCUT2D eigenvalue weighted by atomic mass is 32.1. The normalized spacial score (nSPS) is 21.8. The predicted molar refractivity (Wildman–Crippen MR) is 87.6 cm³/mol. The monoisotopic (exact) mass is 315 g/mol. The highest BCUT2D eigenvalue weighted by molar-refractivity contribution is 7.19. The van der Waals surface area contributed by atoms with E-state index in [-0.39, 0.29) is 18.3 Å². The lowest BCUT2D eigenvalue weighted by molar-refractivity contribution is -0.129. The van der Waals surface area contributed by atoms with Crippen LogP contribution in [0.5, 0.6) is 0 Å². The first-order valence-electron chi connectivity index (χ1n) is 6.84. The fourth-order valence-electron chi connectivity index (χ4n) is 2.48. The molecule has 0 aliphatic carbocycles. The van der Waals surface area contributed by atoms with Crippen molar-refractivity contribution in [3.63, 3.8) is 0 Å². The van der Waals surface area contributed by atoms with Crippen LogP contribution in [-0.2, 0) is 10.3 Å². The molecule has 1 fully saturated rings. The van der Waals surface area contributed by atoms with Gasteiger partial charge in [-0.15, -0.1) is 11.3 Å². The van der Waals surface area contributed by atoms with Crippen LogP contribution in [0.2, 0.25) is 0 Å². The maximum Gasteiger partial charge on any atom is 0.231 e. The second kappa shape index (κ2) is 5.10. The zero-order chi connectivity index (χ0) is 15.9. The van der Waals surface area contributed by atoms with Crippen LogP contribution in [0.3, 0.4) is 0 Å². The Balaban J connectivity index is 1.98. The number of hydrogen-bond donors (Lipinski definition) is 3. The van der Waals surface area contributed by atoms with Gasteiger partial charge in [-0.1, -0.05) is 0 Å². The number of aromatic nitrogens is 1. The van der Waals surface area contributed by atoms with Crippen molar-refractivity contribution in [2.75, 3.05) is 12.8 Å². The second-order valence-electron chi connectivity index (χ2n) is 5.57. The Labute approximate surface area is 132 Å². The van der Waals surface area contributed by atoms with E-state index in [1.807, 2.05) is 31.2 Å². The largest absolute Gasteiger partial charge is 0.391 e. The molecule has 114 valence electrons. The maximum atomic E-state index is 12.1. The quantitative estimate of drug-likeness (QED) is 0.790. The van der Waals surface area contributed by atoms with Crippen molar-refractivity contribution in [3.05, 3.63) is 36.2 Å². The molecule has 1 aliphatic rings. The van der Waals surface area contributed by atoms with Gasteiger partial charge < -0.3 is 11.1 Å². The highest BCUT2D eigenvalue weighted by Crippen LogP contribution is 2.33. The van der Waals surface area contributed by atoms with Gasteiger partial charge >= 0.3 is 0 Å². The Bertz CT molecular complexity index is 736. The van der Waals surface area contributed by atoms with Crippen LogP contribution in [0.1, 0.15) is 19.0 Å². The molecule has 6 nitrogen and oxygen atoms in total. The molecule has 1 amide bonds. The molecule has 3 rings (SSSR count). The summed E-state index contributed by atoms with van der Waals surface area (Å²) in [5, 5.41) is 11.7. The molecule has 2 aromatic rings. The number of anilines is 1. The summed E-state index contributed by atoms with van der Waals surface area (Å²) in [5.74, 6) is -0.00913. The van der Waals surface area contributed by atoms with Crippen molar-refractivity contribution < 1.29 is 4.79 Å². The van der Waals surface area contributed by atoms with Gasteiger partial charge in [-0.05, 0) is 36.8 Å². The van der Waals surface area contributed by atoms with Crippen LogP contribution < -0.4 is 11.1 Å². The Hall–Kier alpha value is -2.41. The van der Waals surface area contributed by atoms with E-state index in [2.05, 4.69) is 10.3 Å². The first-order valence-corrected chi connectivity index (χ1v) is 7.66. The topological polar surface area (TPSA) is 95.1 Å². The summed E-state index contributed by atoms with van der Waals surface area (Å²) in [6, 6.07) is 7.70. The van der Waals surface area contributed by atoms with Crippen LogP contribution in [0.25, 0.3) is 10.4 Å². The van der Waals surface area contributed by atoms with Crippen LogP contribution in [0.4, 0.5) is 5.00 Å². The van der Waals surface area contributed by atoms with Gasteiger partial charge in [0.05, 0.1) is 22.7 Å². The van der Waals surface area contributed by atoms with Crippen LogP contribution in [-0.4, -0.2) is 28.8 Å². The van der Waals surface area contributed by atoms with Gasteiger partial charge in [0.25, 0.3) is 0 Å². The minimum Gasteiger partial charge on any atom is -0.391 e. The number of carbonyl (C=O) groups is 1. The summed E-state index contributed by atoms with van der Waals surface area (Å²) >= 11 is 1.51. The van der Waals surface area contributed by atoms with Crippen molar-refractivity contribution in [3.8, 4) is 10.4 Å². The van der Waals surface area contributed by atoms with Crippen LogP contribution in [0, 0.1) is 5.41 Å². The third-order valence-electron chi connectivity index (χ3n) is 3.85. The van der Waals surface area contributed by atoms with Crippen molar-refractivity contribution in [1.29, 1.82) is 5.41 Å². The van der Waals surface area contributed by atoms with E-state index >= 15 is 0 Å². The molecule has 2 aromatic heterocycles. The number of amides is 1. The molecule has 22 heavy (non-hydrogen) atoms. The third-order valence-corrected chi connectivity index (χ3v) is 4.81. The first-order chi connectivity index (χ1) is 10.4. The zero-order valence-electron chi connectivity index (χ0n) is 12.4. The molecule has 1 saturated heterocycles. The number of nitrogens with one attached hydrogen (secondary N) is 2. The van der Waals surface area contributed by atoms with Crippen molar-refractivity contribution in [1.82, 2.24) is 15.2 Å². The summed E-state index contributed by atoms with van der Waals surface area (Å²) in [6.07, 6.45) is 1.98. The van der Waals surface area contributed by atoms with Gasteiger partial charge in [0.2, 0.25) is 5.91 Å². The number of nitrogen functional groups attached to an aromatic ring is 1. The second-order valence-corrected chi connectivity index (χ2v) is 6.68. The van der Waals surface area contributed by atoms with Crippen LogP contribution in [0.15, 0.2) is 30.5 Å². The predicted octanol–water partition coefficient (Wildman–Crippen LogP) is 1.99. The van der Waals surface area contributed by atoms with E-state index in [0.717, 1.165) is 21.1 Å². The molecule has 0 bridgehead atoms. The van der Waals surface area contributed by atoms with Gasteiger partial charge in [-0.2, -0.15) is 0 Å². The lowest BCUT2D eigenvalue weighted by Gasteiger charge is -2.38. The number of carbonyl (C=O) groups excluding carboxylic acids is 1. The van der Waals surface area contributed by atoms with Gasteiger partial charge in [-0.25, -0.2) is 0 Å². The lowest BCUT2D eigenvalue weighted by Crippen LogP contribution is -2.58. The highest BCUT2D eigenvalue weighted by Gasteiger charge is 2.39. The molecule has 0 radical (unpaired) electrons. The third kappa shape index (κ3) is 2.43. The zero-order valence-corrected chi connectivity index (χ0v) is 13.2. The molecule has 0 spiro atoms. The average Bonchev–Trinajstić information content (AvgIpc) is 2.91. The summed E-state index contributed by atoms with van der Waals surface area (Å²) < 4.78 is 0. The number of nitrogens with zero attached hydrogens (tertiary/aromatic N) is 2. The molecule has 1 aliphatic heterocycles. The van der Waals surface area contributed by atoms with Gasteiger partial charge in [0.1, 0.15) is 0 Å². The number of thiophene rings is 1. The van der Waals surface area contributed by atoms with Crippen LogP contribution >= 0.6 is 11.3 Å². The van der Waals surface area contributed by atoms with E-state index in [1.54, 1.807) is 13.2 Å². The summed E-state index contributed by atoms with van der Waals surface area (Å²) in [7, 11) is 1.59. The Morgan fingerprint density at radius 1 is 1.45 bits per heavy atom. The molecule has 3 heterocycles. The standard InChI is InChI=1S/C15H17N5OS/c1-15(8-13(21)20(2)14(17)19-15)11-7-9(5-6-18-11)10-3-4-12(16)22-10/h3-7H,8,16H2,1-2H3,(H2,17,19)/t15-/m0/s1. The fourth-order valence-corrected chi connectivity index (χ4v) is 3.25. The number of rotatable bonds is 2. The maximum absolute atomic E-state index is 12.1. The number of hydrogen-bond acceptors (Lipinski definition) is 5. The fraction of sp³-hybridized carbons (Fsp3) is 0.267. The Kier molecular flexibility index (Phi) is 3.37. The number of nitrogens with two attached hydrogens (primary N) is 1. The summed E-state index contributed by atoms with van der Waals surface area (Å²) in [5.41, 5.74) is 6.85. The Morgan fingerprint density at radius 2 is 2.23 bits per heavy atom. The smallest absolute Gasteiger partial charge is 0.231 e. The summed E-state index contributed by atoms with van der Waals surface area (Å²) in [4.78, 5) is 18.8. The molecule has 0 saturated carbocycles. The molecule has 4 N–H and O–H groups in total. The molecule has 1 atom stereocenters. The van der Waals surface area contributed by atoms with E-state index < -0.39 is 5.54 Å². The molecule has 0 unspecified atom stereocenters. The van der Waals surface area contributed by atoms with E-state index in [0.29, 0.717) is 0 Å². The average molecular weight is 315 g/mol. The SMILES string of the molecule is CN1C(=N)N[C@](C)(c2cc(-c3ccc(N)s3)ccn2)CC1=O. The molecule has 7 heteroatoms. The van der Waals surface area contributed by atoms with Crippen molar-refractivity contribution >= 4 is 28.2 Å². The molecule has 0 aromatic carbocycles. The number of pyridine rings is 1. The van der Waals surface area contributed by atoms with Gasteiger partial charge in [0, 0.05) is 18.1 Å². The van der Waals surface area contributed by atoms with Crippen molar-refractivity contribution in [2.24, 2.45) is 0 Å². The van der Waals surface area contributed by atoms with E-state index in [4.69, 9.17) is 11.1 Å². The first kappa shape index (κ1) is 14.5. The molecular weight excluding hydrogens is 298 g/mol. The summed E-state index contributed by atoms with van der Waals surface area (Å²) in [6.45, 7) is 1.89. The van der Waals surface area contributed by atoms with E-state index in [9.17, 15) is 4.79 Å². The lowest BCUT2D eigenvalue weighted by atomic mass is 9.89. The molecular formula is C15H17N5OS. The minimum atomic E-state index is -0.681. The van der Waals surface area contributed by atoms with Crippen molar-refractivity contribution in [2.45, 2.75) is 18.9 Å². The minimum absolute atomic E-state index is 0.0892. The van der Waals surface area contributed by atoms with E-state index in [1.165, 1.54) is 16.2 Å².